The standard InChI is InChI=1S/C45H35N3S/c1-44(2)37-21-12-11-20-33(37)34-23-24-35-36-27-31(22-25-38(36)49-40(35)39(34)45(44,3)4)30-18-13-19-32(26-30)43-47-41(28-14-7-5-8-15-28)46-42(48-43)29-16-9-6-10-17-29/h5-27H,1-4H3. The first-order valence-electron chi connectivity index (χ1n) is 16.9. The molecule has 1 aliphatic carbocycles. The topological polar surface area (TPSA) is 38.7 Å². The van der Waals surface area contributed by atoms with Gasteiger partial charge < -0.3 is 0 Å². The van der Waals surface area contributed by atoms with E-state index in [0.717, 1.165) is 22.3 Å². The van der Waals surface area contributed by atoms with E-state index in [2.05, 4.69) is 107 Å². The van der Waals surface area contributed by atoms with Crippen LogP contribution in [0.25, 0.3) is 76.6 Å². The van der Waals surface area contributed by atoms with Crippen molar-refractivity contribution in [1.82, 2.24) is 15.0 Å². The van der Waals surface area contributed by atoms with Gasteiger partial charge in [-0.1, -0.05) is 149 Å². The first-order chi connectivity index (χ1) is 23.8. The predicted molar refractivity (Wildman–Crippen MR) is 206 cm³/mol. The predicted octanol–water partition coefficient (Wildman–Crippen LogP) is 12.1. The van der Waals surface area contributed by atoms with Gasteiger partial charge in [0.1, 0.15) is 0 Å². The van der Waals surface area contributed by atoms with Crippen LogP contribution >= 0.6 is 11.3 Å². The third kappa shape index (κ3) is 4.66. The summed E-state index contributed by atoms with van der Waals surface area (Å²) in [5.41, 5.74) is 10.8. The molecule has 0 atom stereocenters. The molecule has 6 aromatic carbocycles. The summed E-state index contributed by atoms with van der Waals surface area (Å²) in [6.45, 7) is 9.67. The van der Waals surface area contributed by atoms with Crippen molar-refractivity contribution in [1.29, 1.82) is 0 Å². The zero-order chi connectivity index (χ0) is 33.3. The van der Waals surface area contributed by atoms with E-state index >= 15 is 0 Å². The fourth-order valence-corrected chi connectivity index (χ4v) is 8.94. The Bertz CT molecular complexity index is 2490. The summed E-state index contributed by atoms with van der Waals surface area (Å²) in [6.07, 6.45) is 0. The van der Waals surface area contributed by atoms with Crippen molar-refractivity contribution in [3.05, 3.63) is 151 Å². The Labute approximate surface area is 291 Å². The highest BCUT2D eigenvalue weighted by molar-refractivity contribution is 7.26. The average molecular weight is 650 g/mol. The molecular weight excluding hydrogens is 615 g/mol. The van der Waals surface area contributed by atoms with Gasteiger partial charge in [0, 0.05) is 42.3 Å². The largest absolute Gasteiger partial charge is 0.208 e. The van der Waals surface area contributed by atoms with Crippen LogP contribution in [0.3, 0.4) is 0 Å². The first kappa shape index (κ1) is 29.7. The molecule has 3 nitrogen and oxygen atoms in total. The van der Waals surface area contributed by atoms with E-state index in [1.165, 1.54) is 48.0 Å². The number of hydrogen-bond donors (Lipinski definition) is 0. The molecule has 0 saturated heterocycles. The molecule has 0 saturated carbocycles. The maximum absolute atomic E-state index is 4.98. The van der Waals surface area contributed by atoms with Crippen LogP contribution in [0, 0.1) is 0 Å². The van der Waals surface area contributed by atoms with Crippen LogP contribution in [0.15, 0.2) is 140 Å². The highest BCUT2D eigenvalue weighted by Gasteiger charge is 2.46. The highest BCUT2D eigenvalue weighted by Crippen LogP contribution is 2.57. The summed E-state index contributed by atoms with van der Waals surface area (Å²) < 4.78 is 2.71. The summed E-state index contributed by atoms with van der Waals surface area (Å²) in [5.74, 6) is 1.99. The second-order valence-corrected chi connectivity index (χ2v) is 15.1. The summed E-state index contributed by atoms with van der Waals surface area (Å²) in [7, 11) is 0. The first-order valence-corrected chi connectivity index (χ1v) is 17.7. The maximum atomic E-state index is 4.98. The van der Waals surface area contributed by atoms with Crippen molar-refractivity contribution in [3.8, 4) is 56.4 Å². The SMILES string of the molecule is CC1(C)c2ccccc2-c2ccc3c(sc4ccc(-c5cccc(-c6nc(-c7ccccc7)nc(-c7ccccc7)n6)c5)cc43)c2C1(C)C. The number of aromatic nitrogens is 3. The van der Waals surface area contributed by atoms with E-state index in [0.29, 0.717) is 17.5 Å². The van der Waals surface area contributed by atoms with Crippen molar-refractivity contribution >= 4 is 31.5 Å². The van der Waals surface area contributed by atoms with Crippen molar-refractivity contribution in [2.75, 3.05) is 0 Å². The molecule has 0 bridgehead atoms. The fraction of sp³-hybridized carbons (Fsp3) is 0.133. The van der Waals surface area contributed by atoms with Crippen LogP contribution in [0.5, 0.6) is 0 Å². The lowest BCUT2D eigenvalue weighted by Crippen LogP contribution is -2.43. The maximum Gasteiger partial charge on any atom is 0.164 e. The molecule has 0 radical (unpaired) electrons. The number of nitrogens with zero attached hydrogens (tertiary/aromatic N) is 3. The molecule has 1 aliphatic rings. The monoisotopic (exact) mass is 649 g/mol. The van der Waals surface area contributed by atoms with Crippen molar-refractivity contribution in [3.63, 3.8) is 0 Å². The van der Waals surface area contributed by atoms with Gasteiger partial charge in [0.25, 0.3) is 0 Å². The van der Waals surface area contributed by atoms with E-state index in [-0.39, 0.29) is 10.8 Å². The molecule has 9 rings (SSSR count). The molecule has 0 spiro atoms. The minimum Gasteiger partial charge on any atom is -0.208 e. The third-order valence-electron chi connectivity index (χ3n) is 10.9. The van der Waals surface area contributed by atoms with Crippen LogP contribution in [-0.4, -0.2) is 15.0 Å². The Hall–Kier alpha value is -5.45. The molecule has 49 heavy (non-hydrogen) atoms. The summed E-state index contributed by atoms with van der Waals surface area (Å²) in [6, 6.07) is 49.5. The quantitative estimate of drug-likeness (QED) is 0.190. The lowest BCUT2D eigenvalue weighted by Gasteiger charge is -2.48. The Morgan fingerprint density at radius 2 is 1.00 bits per heavy atom. The number of hydrogen-bond acceptors (Lipinski definition) is 4. The smallest absolute Gasteiger partial charge is 0.164 e. The molecule has 2 aromatic heterocycles. The van der Waals surface area contributed by atoms with Gasteiger partial charge in [0.2, 0.25) is 0 Å². The van der Waals surface area contributed by atoms with Gasteiger partial charge in [-0.05, 0) is 57.0 Å². The zero-order valence-electron chi connectivity index (χ0n) is 28.0. The van der Waals surface area contributed by atoms with E-state index < -0.39 is 0 Å². The van der Waals surface area contributed by atoms with Crippen LogP contribution in [0.2, 0.25) is 0 Å². The minimum absolute atomic E-state index is 0.0115. The third-order valence-corrected chi connectivity index (χ3v) is 12.1. The summed E-state index contributed by atoms with van der Waals surface area (Å²) in [5, 5.41) is 2.63. The minimum atomic E-state index is -0.0457. The average Bonchev–Trinajstić information content (AvgIpc) is 3.52. The van der Waals surface area contributed by atoms with Crippen molar-refractivity contribution < 1.29 is 0 Å². The molecule has 0 unspecified atom stereocenters. The molecule has 8 aromatic rings. The van der Waals surface area contributed by atoms with Gasteiger partial charge >= 0.3 is 0 Å². The molecule has 0 aliphatic heterocycles. The molecular formula is C45H35N3S. The van der Waals surface area contributed by atoms with Gasteiger partial charge in [-0.2, -0.15) is 0 Å². The number of fused-ring (bicyclic) bond motifs is 7. The Morgan fingerprint density at radius 3 is 1.69 bits per heavy atom. The lowest BCUT2D eigenvalue weighted by molar-refractivity contribution is 0.301. The second-order valence-electron chi connectivity index (χ2n) is 14.1. The molecule has 0 fully saturated rings. The molecule has 0 N–H and O–H groups in total. The van der Waals surface area contributed by atoms with E-state index in [9.17, 15) is 0 Å². The molecule has 0 amide bonds. The van der Waals surface area contributed by atoms with Gasteiger partial charge in [-0.3, -0.25) is 0 Å². The zero-order valence-corrected chi connectivity index (χ0v) is 28.8. The van der Waals surface area contributed by atoms with Crippen LogP contribution in [-0.2, 0) is 10.8 Å². The van der Waals surface area contributed by atoms with E-state index in [1.54, 1.807) is 0 Å². The fourth-order valence-electron chi connectivity index (χ4n) is 7.55. The van der Waals surface area contributed by atoms with E-state index in [1.807, 2.05) is 72.0 Å². The number of thiophene rings is 1. The van der Waals surface area contributed by atoms with Gasteiger partial charge in [-0.25, -0.2) is 15.0 Å². The molecule has 2 heterocycles. The second kappa shape index (κ2) is 11.0. The van der Waals surface area contributed by atoms with Crippen LogP contribution < -0.4 is 0 Å². The molecule has 4 heteroatoms. The number of benzene rings is 6. The summed E-state index contributed by atoms with van der Waals surface area (Å²) in [4.78, 5) is 14.8. The van der Waals surface area contributed by atoms with Crippen molar-refractivity contribution in [2.24, 2.45) is 0 Å². The van der Waals surface area contributed by atoms with Gasteiger partial charge in [0.15, 0.2) is 17.5 Å². The molecule has 236 valence electrons. The van der Waals surface area contributed by atoms with E-state index in [4.69, 9.17) is 15.0 Å². The highest BCUT2D eigenvalue weighted by atomic mass is 32.1. The van der Waals surface area contributed by atoms with Crippen molar-refractivity contribution in [2.45, 2.75) is 38.5 Å². The van der Waals surface area contributed by atoms with Crippen LogP contribution in [0.4, 0.5) is 0 Å². The lowest BCUT2D eigenvalue weighted by atomic mass is 9.55. The Kier molecular flexibility index (Phi) is 6.69. The Morgan fingerprint density at radius 1 is 0.429 bits per heavy atom. The number of rotatable bonds is 4. The Balaban J connectivity index is 1.18. The van der Waals surface area contributed by atoms with Crippen LogP contribution in [0.1, 0.15) is 38.8 Å². The van der Waals surface area contributed by atoms with Gasteiger partial charge in [0.05, 0.1) is 0 Å². The van der Waals surface area contributed by atoms with Gasteiger partial charge in [-0.15, -0.1) is 11.3 Å². The summed E-state index contributed by atoms with van der Waals surface area (Å²) >= 11 is 1.93. The normalized spacial score (nSPS) is 14.4.